The van der Waals surface area contributed by atoms with Crippen molar-refractivity contribution in [2.45, 2.75) is 27.2 Å². The van der Waals surface area contributed by atoms with Gasteiger partial charge in [0.2, 0.25) is 5.82 Å². The van der Waals surface area contributed by atoms with Crippen LogP contribution in [-0.4, -0.2) is 20.6 Å². The van der Waals surface area contributed by atoms with E-state index >= 15 is 0 Å². The van der Waals surface area contributed by atoms with Crippen LogP contribution < -0.4 is 10.6 Å². The van der Waals surface area contributed by atoms with Crippen LogP contribution in [0.4, 0.5) is 5.69 Å². The minimum Gasteiger partial charge on any atom is -0.359 e. The molecule has 0 aliphatic heterocycles. The molecule has 0 saturated carbocycles. The number of aromatic amines is 1. The molecule has 1 heterocycles. The molecule has 1 atom stereocenters. The van der Waals surface area contributed by atoms with Crippen LogP contribution in [0.2, 0.25) is 10.0 Å². The summed E-state index contributed by atoms with van der Waals surface area (Å²) in [7, 11) is 0. The second kappa shape index (κ2) is 11.7. The van der Waals surface area contributed by atoms with E-state index in [9.17, 15) is 0 Å². The van der Waals surface area contributed by atoms with Crippen LogP contribution in [0.5, 0.6) is 0 Å². The Hall–Kier alpha value is -3.35. The van der Waals surface area contributed by atoms with Crippen molar-refractivity contribution < 1.29 is 0 Å². The van der Waals surface area contributed by atoms with Crippen molar-refractivity contribution in [2.24, 2.45) is 5.92 Å². The van der Waals surface area contributed by atoms with E-state index in [1.807, 2.05) is 30.3 Å². The molecule has 0 spiro atoms. The van der Waals surface area contributed by atoms with Crippen LogP contribution in [0.25, 0.3) is 17.1 Å². The number of halogens is 2. The Kier molecular flexibility index (Phi) is 8.68. The van der Waals surface area contributed by atoms with Crippen LogP contribution in [0.1, 0.15) is 32.8 Å². The zero-order valence-electron chi connectivity index (χ0n) is 19.5. The number of benzene rings is 2. The highest BCUT2D eigenvalue weighted by Crippen LogP contribution is 2.30. The van der Waals surface area contributed by atoms with E-state index in [0.717, 1.165) is 34.6 Å². The van der Waals surface area contributed by atoms with Crippen molar-refractivity contribution in [1.29, 1.82) is 0 Å². The minimum atomic E-state index is 0.0491. The van der Waals surface area contributed by atoms with Gasteiger partial charge in [0.25, 0.3) is 0 Å². The largest absolute Gasteiger partial charge is 0.359 e. The molecule has 0 aliphatic rings. The fraction of sp³-hybridized carbons (Fsp3) is 0.192. The van der Waals surface area contributed by atoms with E-state index in [-0.39, 0.29) is 5.92 Å². The molecule has 3 N–H and O–H groups in total. The smallest absolute Gasteiger partial charge is 0.204 e. The van der Waals surface area contributed by atoms with Gasteiger partial charge in [-0.2, -0.15) is 5.21 Å². The molecule has 0 amide bonds. The van der Waals surface area contributed by atoms with Crippen LogP contribution in [0.3, 0.4) is 0 Å². The maximum Gasteiger partial charge on any atom is 0.204 e. The van der Waals surface area contributed by atoms with Crippen LogP contribution in [-0.2, 0) is 0 Å². The minimum absolute atomic E-state index is 0.0491. The van der Waals surface area contributed by atoms with Crippen LogP contribution >= 0.6 is 23.2 Å². The summed E-state index contributed by atoms with van der Waals surface area (Å²) in [5.41, 5.74) is 5.96. The van der Waals surface area contributed by atoms with Gasteiger partial charge in [0, 0.05) is 39.8 Å². The number of tetrazole rings is 1. The summed E-state index contributed by atoms with van der Waals surface area (Å²) in [6.07, 6.45) is 5.11. The van der Waals surface area contributed by atoms with Crippen molar-refractivity contribution in [3.05, 3.63) is 100 Å². The summed E-state index contributed by atoms with van der Waals surface area (Å²) >= 11 is 12.7. The number of rotatable bonds is 10. The summed E-state index contributed by atoms with van der Waals surface area (Å²) in [5.74, 6) is 0.588. The van der Waals surface area contributed by atoms with E-state index in [2.05, 4.69) is 77.3 Å². The Morgan fingerprint density at radius 2 is 1.85 bits per heavy atom. The van der Waals surface area contributed by atoms with Gasteiger partial charge in [-0.1, -0.05) is 80.6 Å². The second-order valence-corrected chi connectivity index (χ2v) is 8.65. The predicted octanol–water partition coefficient (Wildman–Crippen LogP) is 7.24. The summed E-state index contributed by atoms with van der Waals surface area (Å²) in [6.45, 7) is 14.6. The third-order valence-electron chi connectivity index (χ3n) is 5.20. The van der Waals surface area contributed by atoms with Gasteiger partial charge in [-0.05, 0) is 48.4 Å². The molecule has 1 aromatic heterocycles. The molecule has 34 heavy (non-hydrogen) atoms. The molecule has 3 rings (SSSR count). The quantitative estimate of drug-likeness (QED) is 0.259. The first-order valence-electron chi connectivity index (χ1n) is 10.9. The van der Waals surface area contributed by atoms with E-state index in [4.69, 9.17) is 23.2 Å². The second-order valence-electron chi connectivity index (χ2n) is 7.83. The first-order chi connectivity index (χ1) is 16.3. The lowest BCUT2D eigenvalue weighted by Gasteiger charge is -2.19. The molecular weight excluding hydrogens is 467 g/mol. The average molecular weight is 495 g/mol. The van der Waals surface area contributed by atoms with Crippen molar-refractivity contribution >= 4 is 34.6 Å². The molecular formula is C26H28Cl2N6. The lowest BCUT2D eigenvalue weighted by atomic mass is 10.0. The molecule has 176 valence electrons. The summed E-state index contributed by atoms with van der Waals surface area (Å²) in [5, 5.41) is 22.0. The molecule has 0 fully saturated rings. The van der Waals surface area contributed by atoms with Crippen LogP contribution in [0.15, 0.2) is 84.7 Å². The van der Waals surface area contributed by atoms with Gasteiger partial charge < -0.3 is 10.6 Å². The normalized spacial score (nSPS) is 12.9. The number of anilines is 1. The molecule has 2 aromatic carbocycles. The number of aromatic nitrogens is 4. The highest BCUT2D eigenvalue weighted by atomic mass is 35.5. The number of hydrogen-bond donors (Lipinski definition) is 3. The Labute approximate surface area is 210 Å². The Bertz CT molecular complexity index is 1210. The lowest BCUT2D eigenvalue weighted by Crippen LogP contribution is -2.14. The van der Waals surface area contributed by atoms with Gasteiger partial charge in [0.1, 0.15) is 0 Å². The van der Waals surface area contributed by atoms with E-state index in [0.29, 0.717) is 27.1 Å². The Balaban J connectivity index is 1.72. The number of nitrogens with one attached hydrogen (secondary N) is 3. The Morgan fingerprint density at radius 1 is 1.15 bits per heavy atom. The molecule has 0 radical (unpaired) electrons. The van der Waals surface area contributed by atoms with Gasteiger partial charge in [-0.15, -0.1) is 10.2 Å². The fourth-order valence-electron chi connectivity index (χ4n) is 3.41. The fourth-order valence-corrected chi connectivity index (χ4v) is 4.04. The van der Waals surface area contributed by atoms with E-state index in [1.54, 1.807) is 12.1 Å². The highest BCUT2D eigenvalue weighted by Gasteiger charge is 2.13. The SMILES string of the molecule is C=C(NC(=C/CC)/C(C)=C\C(C)C(=C)Nc1cccc(-c2nn[nH]n2)c1)c1c(Cl)cccc1Cl. The third-order valence-corrected chi connectivity index (χ3v) is 5.83. The predicted molar refractivity (Wildman–Crippen MR) is 142 cm³/mol. The third kappa shape index (κ3) is 6.37. The zero-order valence-corrected chi connectivity index (χ0v) is 21.0. The maximum absolute atomic E-state index is 6.36. The summed E-state index contributed by atoms with van der Waals surface area (Å²) in [4.78, 5) is 0. The van der Waals surface area contributed by atoms with Crippen molar-refractivity contribution in [3.8, 4) is 11.4 Å². The summed E-state index contributed by atoms with van der Waals surface area (Å²) < 4.78 is 0. The molecule has 0 aliphatic carbocycles. The van der Waals surface area contributed by atoms with E-state index in [1.165, 1.54) is 0 Å². The number of nitrogens with zero attached hydrogens (tertiary/aromatic N) is 3. The van der Waals surface area contributed by atoms with Gasteiger partial charge in [0.15, 0.2) is 0 Å². The maximum atomic E-state index is 6.36. The summed E-state index contributed by atoms with van der Waals surface area (Å²) in [6, 6.07) is 13.2. The number of allylic oxidation sites excluding steroid dienone is 3. The molecule has 8 heteroatoms. The topological polar surface area (TPSA) is 78.5 Å². The van der Waals surface area contributed by atoms with Crippen LogP contribution in [0, 0.1) is 5.92 Å². The lowest BCUT2D eigenvalue weighted by molar-refractivity contribution is 0.858. The monoisotopic (exact) mass is 494 g/mol. The van der Waals surface area contributed by atoms with Gasteiger partial charge in [0.05, 0.1) is 10.0 Å². The standard InChI is InChI=1S/C26H28Cl2N6/c1-6-9-24(30-19(5)25-22(27)12-8-13-23(25)28)17(3)14-16(2)18(4)29-21-11-7-10-20(15-21)26-31-33-34-32-26/h7-16,29-30H,4-6H2,1-3H3,(H,31,32,33,34)/b17-14-,24-9+. The molecule has 0 bridgehead atoms. The average Bonchev–Trinajstić information content (AvgIpc) is 3.34. The number of hydrogen-bond acceptors (Lipinski definition) is 5. The van der Waals surface area contributed by atoms with Crippen molar-refractivity contribution in [1.82, 2.24) is 25.9 Å². The Morgan fingerprint density at radius 3 is 2.50 bits per heavy atom. The molecule has 0 saturated heterocycles. The molecule has 1 unspecified atom stereocenters. The van der Waals surface area contributed by atoms with Gasteiger partial charge in [-0.25, -0.2) is 0 Å². The number of H-pyrrole nitrogens is 1. The first kappa shape index (κ1) is 25.3. The first-order valence-corrected chi connectivity index (χ1v) is 11.6. The highest BCUT2D eigenvalue weighted by molar-refractivity contribution is 6.37. The molecule has 6 nitrogen and oxygen atoms in total. The van der Waals surface area contributed by atoms with E-state index < -0.39 is 0 Å². The van der Waals surface area contributed by atoms with Crippen molar-refractivity contribution in [3.63, 3.8) is 0 Å². The van der Waals surface area contributed by atoms with Gasteiger partial charge in [-0.3, -0.25) is 0 Å². The van der Waals surface area contributed by atoms with Gasteiger partial charge >= 0.3 is 0 Å². The zero-order chi connectivity index (χ0) is 24.7. The molecule has 3 aromatic rings. The van der Waals surface area contributed by atoms with Crippen molar-refractivity contribution in [2.75, 3.05) is 5.32 Å².